The number of halogens is 1. The number of piperazine rings is 1. The molecule has 1 aromatic heterocycles. The van der Waals surface area contributed by atoms with E-state index in [1.807, 2.05) is 44.2 Å². The van der Waals surface area contributed by atoms with Gasteiger partial charge in [0.05, 0.1) is 17.4 Å². The molecule has 2 heterocycles. The lowest BCUT2D eigenvalue weighted by Gasteiger charge is -2.36. The largest absolute Gasteiger partial charge is 0.328 e. The smallest absolute Gasteiger partial charge is 0.276 e. The van der Waals surface area contributed by atoms with Crippen LogP contribution in [0.1, 0.15) is 33.4 Å². The number of nitrogens with one attached hydrogen (secondary N) is 1. The molecule has 1 aliphatic heterocycles. The van der Waals surface area contributed by atoms with E-state index in [0.29, 0.717) is 31.0 Å². The van der Waals surface area contributed by atoms with Crippen LogP contribution in [0.4, 0.5) is 4.39 Å². The molecule has 1 N–H and O–H groups in total. The van der Waals surface area contributed by atoms with Crippen LogP contribution in [0.25, 0.3) is 5.69 Å². The lowest BCUT2D eigenvalue weighted by Crippen LogP contribution is -2.49. The number of aryl methyl sites for hydroxylation is 1. The number of carbonyl (C=O) groups is 1. The second kappa shape index (κ2) is 7.52. The van der Waals surface area contributed by atoms with E-state index < -0.39 is 0 Å². The number of carbonyl (C=O) groups excluding carboxylic acids is 1. The van der Waals surface area contributed by atoms with Crippen LogP contribution in [0.2, 0.25) is 0 Å². The summed E-state index contributed by atoms with van der Waals surface area (Å²) in [6.45, 7) is 5.63. The molecule has 7 heteroatoms. The minimum atomic E-state index is -0.308. The zero-order valence-corrected chi connectivity index (χ0v) is 15.9. The van der Waals surface area contributed by atoms with Gasteiger partial charge in [-0.2, -0.15) is 0 Å². The summed E-state index contributed by atoms with van der Waals surface area (Å²) in [7, 11) is 0. The van der Waals surface area contributed by atoms with E-state index >= 15 is 0 Å². The van der Waals surface area contributed by atoms with Crippen molar-refractivity contribution in [3.63, 3.8) is 0 Å². The van der Waals surface area contributed by atoms with Crippen molar-refractivity contribution in [2.75, 3.05) is 19.6 Å². The summed E-state index contributed by atoms with van der Waals surface area (Å²) >= 11 is 0. The normalized spacial score (nSPS) is 17.0. The highest BCUT2D eigenvalue weighted by Crippen LogP contribution is 2.25. The van der Waals surface area contributed by atoms with Crippen LogP contribution in [-0.4, -0.2) is 45.4 Å². The molecule has 0 spiro atoms. The molecule has 3 aromatic rings. The van der Waals surface area contributed by atoms with Gasteiger partial charge in [0.15, 0.2) is 5.69 Å². The molecule has 2 aromatic carbocycles. The molecule has 144 valence electrons. The second-order valence-electron chi connectivity index (χ2n) is 7.05. The van der Waals surface area contributed by atoms with Gasteiger partial charge in [0.25, 0.3) is 5.91 Å². The van der Waals surface area contributed by atoms with E-state index in [1.165, 1.54) is 12.1 Å². The summed E-state index contributed by atoms with van der Waals surface area (Å²) in [5, 5.41) is 11.7. The number of aromatic nitrogens is 3. The maximum absolute atomic E-state index is 13.7. The van der Waals surface area contributed by atoms with Crippen molar-refractivity contribution < 1.29 is 9.18 Å². The van der Waals surface area contributed by atoms with Crippen molar-refractivity contribution in [1.82, 2.24) is 25.2 Å². The van der Waals surface area contributed by atoms with Crippen LogP contribution in [0.3, 0.4) is 0 Å². The number of hydrogen-bond donors (Lipinski definition) is 1. The molecular weight excluding hydrogens is 357 g/mol. The minimum Gasteiger partial charge on any atom is -0.328 e. The number of benzene rings is 2. The molecule has 4 rings (SSSR count). The summed E-state index contributed by atoms with van der Waals surface area (Å²) < 4.78 is 15.4. The Labute approximate surface area is 163 Å². The van der Waals surface area contributed by atoms with Gasteiger partial charge < -0.3 is 10.2 Å². The predicted octanol–water partition coefficient (Wildman–Crippen LogP) is 2.81. The summed E-state index contributed by atoms with van der Waals surface area (Å²) in [6.07, 6.45) is 0. The van der Waals surface area contributed by atoms with Crippen LogP contribution in [-0.2, 0) is 0 Å². The van der Waals surface area contributed by atoms with E-state index in [9.17, 15) is 9.18 Å². The van der Waals surface area contributed by atoms with Gasteiger partial charge in [0.1, 0.15) is 5.82 Å². The highest BCUT2D eigenvalue weighted by atomic mass is 19.1. The zero-order valence-electron chi connectivity index (χ0n) is 15.9. The monoisotopic (exact) mass is 379 g/mol. The molecule has 1 atom stereocenters. The van der Waals surface area contributed by atoms with Crippen molar-refractivity contribution in [2.24, 2.45) is 0 Å². The number of rotatable bonds is 3. The fraction of sp³-hybridized carbons (Fsp3) is 0.286. The van der Waals surface area contributed by atoms with Crippen molar-refractivity contribution in [3.8, 4) is 5.69 Å². The first-order valence-corrected chi connectivity index (χ1v) is 9.31. The fourth-order valence-electron chi connectivity index (χ4n) is 3.63. The Balaban J connectivity index is 1.66. The zero-order chi connectivity index (χ0) is 19.7. The molecule has 28 heavy (non-hydrogen) atoms. The maximum Gasteiger partial charge on any atom is 0.276 e. The van der Waals surface area contributed by atoms with E-state index in [2.05, 4.69) is 15.6 Å². The van der Waals surface area contributed by atoms with E-state index in [4.69, 9.17) is 0 Å². The molecule has 0 saturated carbocycles. The van der Waals surface area contributed by atoms with Gasteiger partial charge in [0, 0.05) is 19.6 Å². The van der Waals surface area contributed by atoms with Gasteiger partial charge in [-0.1, -0.05) is 29.5 Å². The number of nitrogens with zero attached hydrogens (tertiary/aromatic N) is 4. The standard InChI is InChI=1S/C21H22FN5O/c1-14-5-3-8-18(11-14)27-15(2)20(24-25-27)21(28)26-10-9-23-13-19(26)16-6-4-7-17(22)12-16/h3-8,11-12,19,23H,9-10,13H2,1-2H3. The highest BCUT2D eigenvalue weighted by molar-refractivity contribution is 5.93. The molecule has 6 nitrogen and oxygen atoms in total. The van der Waals surface area contributed by atoms with Crippen molar-refractivity contribution in [1.29, 1.82) is 0 Å². The van der Waals surface area contributed by atoms with E-state index in [-0.39, 0.29) is 17.8 Å². The first-order valence-electron chi connectivity index (χ1n) is 9.31. The highest BCUT2D eigenvalue weighted by Gasteiger charge is 2.31. The molecule has 0 bridgehead atoms. The average Bonchev–Trinajstić information content (AvgIpc) is 3.09. The lowest BCUT2D eigenvalue weighted by molar-refractivity contribution is 0.0627. The van der Waals surface area contributed by atoms with Crippen LogP contribution in [0.15, 0.2) is 48.5 Å². The first kappa shape index (κ1) is 18.3. The van der Waals surface area contributed by atoms with Crippen LogP contribution < -0.4 is 5.32 Å². The summed E-state index contributed by atoms with van der Waals surface area (Å²) in [4.78, 5) is 15.0. The predicted molar refractivity (Wildman–Crippen MR) is 104 cm³/mol. The minimum absolute atomic E-state index is 0.188. The molecule has 0 radical (unpaired) electrons. The molecule has 1 aliphatic rings. The van der Waals surface area contributed by atoms with Gasteiger partial charge in [-0.3, -0.25) is 4.79 Å². The molecule has 1 amide bonds. The molecule has 1 fully saturated rings. The van der Waals surface area contributed by atoms with E-state index in [0.717, 1.165) is 16.8 Å². The van der Waals surface area contributed by atoms with Crippen molar-refractivity contribution in [3.05, 3.63) is 76.9 Å². The maximum atomic E-state index is 13.7. The summed E-state index contributed by atoms with van der Waals surface area (Å²) in [6, 6.07) is 14.0. The van der Waals surface area contributed by atoms with Gasteiger partial charge in [-0.05, 0) is 49.2 Å². The van der Waals surface area contributed by atoms with Gasteiger partial charge in [-0.15, -0.1) is 5.10 Å². The van der Waals surface area contributed by atoms with Crippen molar-refractivity contribution >= 4 is 5.91 Å². The first-order chi connectivity index (χ1) is 13.5. The van der Waals surface area contributed by atoms with Crippen LogP contribution in [0, 0.1) is 19.7 Å². The van der Waals surface area contributed by atoms with E-state index in [1.54, 1.807) is 15.6 Å². The Morgan fingerprint density at radius 1 is 1.18 bits per heavy atom. The number of hydrogen-bond acceptors (Lipinski definition) is 4. The Morgan fingerprint density at radius 2 is 2.00 bits per heavy atom. The lowest BCUT2D eigenvalue weighted by atomic mass is 10.0. The third-order valence-corrected chi connectivity index (χ3v) is 5.08. The summed E-state index contributed by atoms with van der Waals surface area (Å²) in [5.74, 6) is -0.496. The van der Waals surface area contributed by atoms with Gasteiger partial charge in [-0.25, -0.2) is 9.07 Å². The van der Waals surface area contributed by atoms with Gasteiger partial charge >= 0.3 is 0 Å². The second-order valence-corrected chi connectivity index (χ2v) is 7.05. The number of amides is 1. The van der Waals surface area contributed by atoms with Crippen LogP contribution in [0.5, 0.6) is 0 Å². The fourth-order valence-corrected chi connectivity index (χ4v) is 3.63. The third-order valence-electron chi connectivity index (χ3n) is 5.08. The van der Waals surface area contributed by atoms with Crippen molar-refractivity contribution in [2.45, 2.75) is 19.9 Å². The summed E-state index contributed by atoms with van der Waals surface area (Å²) in [5.41, 5.74) is 3.75. The molecular formula is C21H22FN5O. The SMILES string of the molecule is Cc1cccc(-n2nnc(C(=O)N3CCNCC3c3cccc(F)c3)c2C)c1. The molecule has 1 saturated heterocycles. The average molecular weight is 379 g/mol. The Morgan fingerprint density at radius 3 is 2.79 bits per heavy atom. The Hall–Kier alpha value is -3.06. The molecule has 0 aliphatic carbocycles. The topological polar surface area (TPSA) is 63.1 Å². The third kappa shape index (κ3) is 3.41. The molecule has 1 unspecified atom stereocenters. The van der Waals surface area contributed by atoms with Crippen LogP contribution >= 0.6 is 0 Å². The Bertz CT molecular complexity index is 1020. The quantitative estimate of drug-likeness (QED) is 0.760. The van der Waals surface area contributed by atoms with Gasteiger partial charge in [0.2, 0.25) is 0 Å². The Kier molecular flexibility index (Phi) is 4.92.